The summed E-state index contributed by atoms with van der Waals surface area (Å²) in [5.74, 6) is 0.576. The van der Waals surface area contributed by atoms with Crippen LogP contribution in [0.1, 0.15) is 57.8 Å². The summed E-state index contributed by atoms with van der Waals surface area (Å²) in [6.07, 6.45) is 10.5. The average molecular weight is 239 g/mol. The molecule has 0 amide bonds. The molecule has 0 bridgehead atoms. The number of carbonyl (C=O) groups is 1. The second kappa shape index (κ2) is 5.85. The third-order valence-corrected chi connectivity index (χ3v) is 4.56. The molecular weight excluding hydrogens is 214 g/mol. The predicted octanol–water partition coefficient (Wildman–Crippen LogP) is 2.63. The Kier molecular flexibility index (Phi) is 4.43. The van der Waals surface area contributed by atoms with Gasteiger partial charge in [-0.05, 0) is 31.6 Å². The van der Waals surface area contributed by atoms with Crippen molar-refractivity contribution in [1.82, 2.24) is 0 Å². The van der Waals surface area contributed by atoms with Gasteiger partial charge in [0.1, 0.15) is 0 Å². The molecule has 2 aliphatic rings. The van der Waals surface area contributed by atoms with Crippen molar-refractivity contribution < 1.29 is 9.53 Å². The predicted molar refractivity (Wildman–Crippen MR) is 67.5 cm³/mol. The minimum absolute atomic E-state index is 0.0249. The van der Waals surface area contributed by atoms with Crippen molar-refractivity contribution in [3.63, 3.8) is 0 Å². The van der Waals surface area contributed by atoms with Crippen LogP contribution in [0.4, 0.5) is 0 Å². The van der Waals surface area contributed by atoms with Gasteiger partial charge in [-0.3, -0.25) is 4.79 Å². The molecule has 17 heavy (non-hydrogen) atoms. The van der Waals surface area contributed by atoms with Crippen molar-refractivity contribution >= 4 is 5.97 Å². The Morgan fingerprint density at radius 1 is 1.12 bits per heavy atom. The van der Waals surface area contributed by atoms with E-state index in [0.29, 0.717) is 19.1 Å². The molecule has 0 saturated heterocycles. The zero-order chi connectivity index (χ0) is 12.1. The normalized spacial score (nSPS) is 24.8. The van der Waals surface area contributed by atoms with Gasteiger partial charge in [0.15, 0.2) is 0 Å². The van der Waals surface area contributed by atoms with Crippen LogP contribution in [0.25, 0.3) is 0 Å². The van der Waals surface area contributed by atoms with Crippen LogP contribution >= 0.6 is 0 Å². The Bertz CT molecular complexity index is 253. The number of ether oxygens (including phenoxy) is 1. The van der Waals surface area contributed by atoms with Crippen molar-refractivity contribution in [2.75, 3.05) is 13.2 Å². The first-order valence-electron chi connectivity index (χ1n) is 7.14. The third-order valence-electron chi connectivity index (χ3n) is 4.56. The molecule has 2 N–H and O–H groups in total. The highest BCUT2D eigenvalue weighted by molar-refractivity contribution is 5.77. The molecule has 0 aromatic rings. The van der Waals surface area contributed by atoms with Crippen molar-refractivity contribution in [3.8, 4) is 0 Å². The van der Waals surface area contributed by atoms with Gasteiger partial charge in [-0.1, -0.05) is 32.1 Å². The fourth-order valence-corrected chi connectivity index (χ4v) is 3.24. The molecule has 0 aliphatic heterocycles. The highest BCUT2D eigenvalue weighted by Crippen LogP contribution is 2.38. The van der Waals surface area contributed by atoms with E-state index < -0.39 is 0 Å². The smallest absolute Gasteiger partial charge is 0.313 e. The zero-order valence-electron chi connectivity index (χ0n) is 10.7. The molecule has 0 aromatic heterocycles. The molecule has 2 fully saturated rings. The van der Waals surface area contributed by atoms with Crippen LogP contribution < -0.4 is 5.73 Å². The van der Waals surface area contributed by atoms with Crippen LogP contribution in [0.15, 0.2) is 0 Å². The van der Waals surface area contributed by atoms with E-state index in [1.807, 2.05) is 0 Å². The monoisotopic (exact) mass is 239 g/mol. The van der Waals surface area contributed by atoms with Crippen LogP contribution in [0, 0.1) is 11.3 Å². The summed E-state index contributed by atoms with van der Waals surface area (Å²) in [7, 11) is 0. The van der Waals surface area contributed by atoms with Crippen LogP contribution in [-0.2, 0) is 9.53 Å². The summed E-state index contributed by atoms with van der Waals surface area (Å²) in [5.41, 5.74) is 5.44. The Morgan fingerprint density at radius 3 is 2.35 bits per heavy atom. The molecule has 0 aromatic carbocycles. The molecule has 0 radical (unpaired) electrons. The highest BCUT2D eigenvalue weighted by Gasteiger charge is 2.41. The maximum absolute atomic E-state index is 12.1. The molecular formula is C14H25NO2. The minimum atomic E-state index is -0.339. The van der Waals surface area contributed by atoms with E-state index in [9.17, 15) is 4.79 Å². The van der Waals surface area contributed by atoms with Gasteiger partial charge < -0.3 is 10.5 Å². The minimum Gasteiger partial charge on any atom is -0.465 e. The lowest BCUT2D eigenvalue weighted by molar-refractivity contribution is -0.156. The second-order valence-electron chi connectivity index (χ2n) is 5.79. The average Bonchev–Trinajstić information content (AvgIpc) is 2.87. The van der Waals surface area contributed by atoms with Crippen LogP contribution in [0.5, 0.6) is 0 Å². The quantitative estimate of drug-likeness (QED) is 0.767. The first-order chi connectivity index (χ1) is 8.27. The largest absolute Gasteiger partial charge is 0.465 e. The van der Waals surface area contributed by atoms with Gasteiger partial charge in [-0.2, -0.15) is 0 Å². The van der Waals surface area contributed by atoms with Gasteiger partial charge in [0.25, 0.3) is 0 Å². The molecule has 2 aliphatic carbocycles. The highest BCUT2D eigenvalue weighted by atomic mass is 16.5. The van der Waals surface area contributed by atoms with E-state index in [-0.39, 0.29) is 11.4 Å². The first-order valence-corrected chi connectivity index (χ1v) is 7.14. The number of hydrogen-bond donors (Lipinski definition) is 1. The summed E-state index contributed by atoms with van der Waals surface area (Å²) in [4.78, 5) is 12.1. The Balaban J connectivity index is 1.79. The van der Waals surface area contributed by atoms with E-state index >= 15 is 0 Å². The van der Waals surface area contributed by atoms with Gasteiger partial charge in [0, 0.05) is 6.54 Å². The van der Waals surface area contributed by atoms with E-state index in [1.165, 1.54) is 32.1 Å². The maximum Gasteiger partial charge on any atom is 0.313 e. The summed E-state index contributed by atoms with van der Waals surface area (Å²) in [5, 5.41) is 0. The van der Waals surface area contributed by atoms with Crippen LogP contribution in [0.2, 0.25) is 0 Å². The van der Waals surface area contributed by atoms with Gasteiger partial charge in [0.2, 0.25) is 0 Å². The molecule has 0 atom stereocenters. The molecule has 3 nitrogen and oxygen atoms in total. The molecule has 0 heterocycles. The second-order valence-corrected chi connectivity index (χ2v) is 5.79. The number of rotatable bonds is 4. The molecule has 2 rings (SSSR count). The Labute approximate surface area is 104 Å². The van der Waals surface area contributed by atoms with Crippen molar-refractivity contribution in [3.05, 3.63) is 0 Å². The molecule has 3 heteroatoms. The number of esters is 1. The Morgan fingerprint density at radius 2 is 1.76 bits per heavy atom. The van der Waals surface area contributed by atoms with Gasteiger partial charge in [-0.25, -0.2) is 0 Å². The molecule has 2 saturated carbocycles. The summed E-state index contributed by atoms with van der Waals surface area (Å²) in [6, 6.07) is 0. The SMILES string of the molecule is NCC1(C(=O)OCC2CCCCC2)CCCC1. The van der Waals surface area contributed by atoms with E-state index in [2.05, 4.69) is 0 Å². The number of hydrogen-bond acceptors (Lipinski definition) is 3. The third kappa shape index (κ3) is 3.01. The lowest BCUT2D eigenvalue weighted by Crippen LogP contribution is -2.38. The Hall–Kier alpha value is -0.570. The van der Waals surface area contributed by atoms with Crippen LogP contribution in [0.3, 0.4) is 0 Å². The molecule has 98 valence electrons. The topological polar surface area (TPSA) is 52.3 Å². The van der Waals surface area contributed by atoms with E-state index in [4.69, 9.17) is 10.5 Å². The van der Waals surface area contributed by atoms with Gasteiger partial charge in [0.05, 0.1) is 12.0 Å². The summed E-state index contributed by atoms with van der Waals surface area (Å²) < 4.78 is 5.54. The van der Waals surface area contributed by atoms with Crippen molar-refractivity contribution in [2.45, 2.75) is 57.8 Å². The van der Waals surface area contributed by atoms with E-state index in [0.717, 1.165) is 25.7 Å². The fourth-order valence-electron chi connectivity index (χ4n) is 3.24. The van der Waals surface area contributed by atoms with Crippen LogP contribution in [-0.4, -0.2) is 19.1 Å². The summed E-state index contributed by atoms with van der Waals surface area (Å²) >= 11 is 0. The first kappa shape index (κ1) is 12.9. The lowest BCUT2D eigenvalue weighted by Gasteiger charge is -2.27. The van der Waals surface area contributed by atoms with E-state index in [1.54, 1.807) is 0 Å². The molecule has 0 unspecified atom stereocenters. The van der Waals surface area contributed by atoms with Gasteiger partial charge >= 0.3 is 5.97 Å². The number of carbonyl (C=O) groups excluding carboxylic acids is 1. The van der Waals surface area contributed by atoms with Crippen molar-refractivity contribution in [1.29, 1.82) is 0 Å². The number of nitrogens with two attached hydrogens (primary N) is 1. The zero-order valence-corrected chi connectivity index (χ0v) is 10.7. The lowest BCUT2D eigenvalue weighted by atomic mass is 9.86. The standard InChI is InChI=1S/C14H25NO2/c15-11-14(8-4-5-9-14)13(16)17-10-12-6-2-1-3-7-12/h12H,1-11,15H2. The van der Waals surface area contributed by atoms with Crippen molar-refractivity contribution in [2.24, 2.45) is 17.1 Å². The molecule has 0 spiro atoms. The fraction of sp³-hybridized carbons (Fsp3) is 0.929. The maximum atomic E-state index is 12.1. The van der Waals surface area contributed by atoms with Gasteiger partial charge in [-0.15, -0.1) is 0 Å². The summed E-state index contributed by atoms with van der Waals surface area (Å²) in [6.45, 7) is 1.08.